The molecule has 0 heterocycles. The lowest BCUT2D eigenvalue weighted by Crippen LogP contribution is -2.51. The Morgan fingerprint density at radius 2 is 0.628 bits per heavy atom. The van der Waals surface area contributed by atoms with E-state index in [1.54, 1.807) is 0 Å². The number of alkyl halides is 6. The van der Waals surface area contributed by atoms with Gasteiger partial charge < -0.3 is 23.3 Å². The van der Waals surface area contributed by atoms with E-state index in [1.165, 1.54) is 0 Å². The number of quaternary nitrogens is 2. The van der Waals surface area contributed by atoms with E-state index in [4.69, 9.17) is 14.4 Å². The molecular weight excluding hydrogens is 600 g/mol. The number of hydrogen-bond acceptors (Lipinski definition) is 3. The van der Waals surface area contributed by atoms with Crippen molar-refractivity contribution in [3.05, 3.63) is 0 Å². The highest BCUT2D eigenvalue weighted by Gasteiger charge is 2.35. The fourth-order valence-electron chi connectivity index (χ4n) is 5.03. The first-order valence-electron chi connectivity index (χ1n) is 16.3. The summed E-state index contributed by atoms with van der Waals surface area (Å²) in [7, 11) is -5.64. The third-order valence-corrected chi connectivity index (χ3v) is 7.66. The van der Waals surface area contributed by atoms with Crippen LogP contribution in [0.15, 0.2) is 0 Å². The van der Waals surface area contributed by atoms with Crippen molar-refractivity contribution in [1.29, 1.82) is 0 Å². The zero-order valence-corrected chi connectivity index (χ0v) is 28.7. The molecule has 264 valence electrons. The first-order valence-corrected chi connectivity index (χ1v) is 17.8. The van der Waals surface area contributed by atoms with E-state index in [2.05, 4.69) is 41.5 Å². The van der Waals surface area contributed by atoms with Crippen molar-refractivity contribution in [1.82, 2.24) is 0 Å². The van der Waals surface area contributed by atoms with E-state index >= 15 is 0 Å². The second-order valence-corrected chi connectivity index (χ2v) is 12.6. The maximum absolute atomic E-state index is 12.5. The van der Waals surface area contributed by atoms with Crippen molar-refractivity contribution >= 4 is 7.91 Å². The summed E-state index contributed by atoms with van der Waals surface area (Å²) in [6, 6.07) is 0. The van der Waals surface area contributed by atoms with Gasteiger partial charge >= 0.3 is 12.4 Å². The van der Waals surface area contributed by atoms with Gasteiger partial charge in [0.05, 0.1) is 65.2 Å². The molecule has 0 aromatic heterocycles. The minimum absolute atomic E-state index is 0.267. The van der Waals surface area contributed by atoms with Gasteiger partial charge in [0.25, 0.3) is 0 Å². The van der Waals surface area contributed by atoms with E-state index in [-0.39, 0.29) is 13.1 Å². The van der Waals surface area contributed by atoms with E-state index in [1.807, 2.05) is 0 Å². The van der Waals surface area contributed by atoms with Gasteiger partial charge in [-0.1, -0.05) is 80.1 Å². The van der Waals surface area contributed by atoms with E-state index < -0.39 is 33.1 Å². The maximum atomic E-state index is 12.5. The molecule has 0 radical (unpaired) electrons. The summed E-state index contributed by atoms with van der Waals surface area (Å²) in [5.41, 5.74) is 0. The van der Waals surface area contributed by atoms with Crippen LogP contribution in [-0.4, -0.2) is 73.7 Å². The van der Waals surface area contributed by atoms with Gasteiger partial charge in [0.1, 0.15) is 7.91 Å². The molecule has 0 aliphatic carbocycles. The monoisotopic (exact) mass is 662 g/mol. The van der Waals surface area contributed by atoms with Gasteiger partial charge in [-0.15, -0.1) is 0 Å². The van der Waals surface area contributed by atoms with Crippen molar-refractivity contribution in [2.24, 2.45) is 0 Å². The van der Waals surface area contributed by atoms with Crippen molar-refractivity contribution in [2.75, 3.05) is 52.4 Å². The molecule has 0 N–H and O–H groups in total. The molecular formula is C30H62F7N2O3P. The molecule has 0 aliphatic heterocycles. The van der Waals surface area contributed by atoms with Crippen LogP contribution >= 0.6 is 7.91 Å². The van der Waals surface area contributed by atoms with Crippen molar-refractivity contribution in [3.63, 3.8) is 0 Å². The standard InChI is InChI=1S/2C15H31F3N.FH2O3P/c2*1-4-7-11-19(12-8-5-2,13-9-6-3)14-10-15(16,17)18;1-5(2,3)4/h2*4-14H2,1-3H3;(H2,2,3,4)/q2*+1;/p-2. The molecule has 13 heteroatoms. The fraction of sp³-hybridized carbons (Fsp3) is 1.00. The van der Waals surface area contributed by atoms with Gasteiger partial charge in [-0.05, 0) is 38.5 Å². The Labute approximate surface area is 258 Å². The van der Waals surface area contributed by atoms with Gasteiger partial charge in [0.2, 0.25) is 0 Å². The Hall–Kier alpha value is -0.420. The Morgan fingerprint density at radius 1 is 0.465 bits per heavy atom. The fourth-order valence-corrected chi connectivity index (χ4v) is 5.03. The molecule has 0 amide bonds. The number of unbranched alkanes of at least 4 members (excludes halogenated alkanes) is 6. The number of hydrogen-bond donors (Lipinski definition) is 0. The number of nitrogens with zero attached hydrogens (tertiary/aromatic N) is 2. The van der Waals surface area contributed by atoms with E-state index in [0.29, 0.717) is 8.97 Å². The normalized spacial score (nSPS) is 12.8. The second-order valence-electron chi connectivity index (χ2n) is 11.8. The van der Waals surface area contributed by atoms with E-state index in [9.17, 15) is 30.5 Å². The quantitative estimate of drug-likeness (QED) is 0.0660. The Balaban J connectivity index is -0.000000642. The van der Waals surface area contributed by atoms with Crippen LogP contribution in [0.5, 0.6) is 0 Å². The lowest BCUT2D eigenvalue weighted by molar-refractivity contribution is -0.930. The highest BCUT2D eigenvalue weighted by Crippen LogP contribution is 2.26. The summed E-state index contributed by atoms with van der Waals surface area (Å²) in [6.07, 6.45) is 3.25. The number of rotatable bonds is 22. The zero-order chi connectivity index (χ0) is 34.1. The molecule has 0 aliphatic rings. The molecule has 0 fully saturated rings. The van der Waals surface area contributed by atoms with Crippen molar-refractivity contribution in [3.8, 4) is 0 Å². The second kappa shape index (κ2) is 25.7. The first-order chi connectivity index (χ1) is 19.8. The Bertz CT molecular complexity index is 577. The Kier molecular flexibility index (Phi) is 28.1. The predicted octanol–water partition coefficient (Wildman–Crippen LogP) is 9.10. The largest absolute Gasteiger partial charge is 0.786 e. The molecule has 0 saturated heterocycles. The highest BCUT2D eigenvalue weighted by atomic mass is 31.2. The van der Waals surface area contributed by atoms with Crippen LogP contribution in [0.25, 0.3) is 0 Å². The topological polar surface area (TPSA) is 63.2 Å². The minimum atomic E-state index is -5.64. The third-order valence-electron chi connectivity index (χ3n) is 7.66. The minimum Gasteiger partial charge on any atom is -0.786 e. The van der Waals surface area contributed by atoms with Crippen LogP contribution in [-0.2, 0) is 4.57 Å². The van der Waals surface area contributed by atoms with E-state index in [0.717, 1.165) is 116 Å². The smallest absolute Gasteiger partial charge is 0.394 e. The molecule has 0 spiro atoms. The summed E-state index contributed by atoms with van der Waals surface area (Å²) in [6.45, 7) is 18.6. The molecule has 0 saturated carbocycles. The maximum Gasteiger partial charge on any atom is 0.394 e. The van der Waals surface area contributed by atoms with Crippen LogP contribution < -0.4 is 9.79 Å². The Morgan fingerprint density at radius 3 is 0.744 bits per heavy atom. The van der Waals surface area contributed by atoms with Crippen LogP contribution in [0.4, 0.5) is 30.5 Å². The van der Waals surface area contributed by atoms with Crippen LogP contribution in [0.2, 0.25) is 0 Å². The van der Waals surface area contributed by atoms with Gasteiger partial charge in [-0.3, -0.25) is 0 Å². The first kappa shape index (κ1) is 47.0. The van der Waals surface area contributed by atoms with Crippen LogP contribution in [0, 0.1) is 0 Å². The van der Waals surface area contributed by atoms with Gasteiger partial charge in [0.15, 0.2) is 0 Å². The van der Waals surface area contributed by atoms with Gasteiger partial charge in [-0.2, -0.15) is 26.3 Å². The van der Waals surface area contributed by atoms with Crippen molar-refractivity contribution < 1.29 is 53.9 Å². The third kappa shape index (κ3) is 34.3. The molecule has 0 atom stereocenters. The molecule has 43 heavy (non-hydrogen) atoms. The summed E-state index contributed by atoms with van der Waals surface area (Å²) < 4.78 is 95.2. The lowest BCUT2D eigenvalue weighted by Gasteiger charge is -2.39. The summed E-state index contributed by atoms with van der Waals surface area (Å²) in [5, 5.41) is 0. The summed E-state index contributed by atoms with van der Waals surface area (Å²) in [5.74, 6) is 0. The van der Waals surface area contributed by atoms with Crippen molar-refractivity contribution in [2.45, 2.75) is 144 Å². The summed E-state index contributed by atoms with van der Waals surface area (Å²) in [4.78, 5) is 16.9. The highest BCUT2D eigenvalue weighted by molar-refractivity contribution is 7.42. The average Bonchev–Trinajstić information content (AvgIpc) is 2.90. The van der Waals surface area contributed by atoms with Gasteiger partial charge in [-0.25, -0.2) is 4.20 Å². The molecule has 0 aromatic rings. The summed E-state index contributed by atoms with van der Waals surface area (Å²) >= 11 is 0. The van der Waals surface area contributed by atoms with Crippen LogP contribution in [0.1, 0.15) is 131 Å². The molecule has 0 bridgehead atoms. The molecule has 0 rings (SSSR count). The number of halogens is 7. The van der Waals surface area contributed by atoms with Crippen LogP contribution in [0.3, 0.4) is 0 Å². The van der Waals surface area contributed by atoms with Gasteiger partial charge in [0, 0.05) is 0 Å². The predicted molar refractivity (Wildman–Crippen MR) is 159 cm³/mol. The zero-order valence-electron chi connectivity index (χ0n) is 27.8. The average molecular weight is 663 g/mol. The molecule has 5 nitrogen and oxygen atoms in total. The molecule has 0 unspecified atom stereocenters. The lowest BCUT2D eigenvalue weighted by atomic mass is 10.1. The molecule has 0 aromatic carbocycles. The SMILES string of the molecule is CCCC[N+](CCCC)(CCCC)CCC(F)(F)F.CCCC[N+](CCCC)(CCCC)CCC(F)(F)F.O=P([O-])([O-])F.